The Kier molecular flexibility index (Phi) is 9.71. The maximum absolute atomic E-state index is 14.0. The topological polar surface area (TPSA) is 18.5 Å². The second kappa shape index (κ2) is 10.0. The molecule has 0 aromatic rings. The zero-order valence-corrected chi connectivity index (χ0v) is 18.7. The molecule has 1 unspecified atom stereocenters. The molecule has 20 heteroatoms. The van der Waals surface area contributed by atoms with Gasteiger partial charge >= 0.3 is 56.3 Å². The average Bonchev–Trinajstić information content (AvgIpc) is 2.71. The zero-order chi connectivity index (χ0) is 28.7. The van der Waals surface area contributed by atoms with E-state index in [1.165, 1.54) is 0 Å². The van der Waals surface area contributed by atoms with Gasteiger partial charge in [-0.05, 0) is 20.3 Å². The van der Waals surface area contributed by atoms with E-state index in [1.54, 1.807) is 0 Å². The Morgan fingerprint density at radius 1 is 0.514 bits per heavy atom. The molecule has 0 aromatic carbocycles. The highest BCUT2D eigenvalue weighted by Gasteiger charge is 2.95. The van der Waals surface area contributed by atoms with Crippen molar-refractivity contribution in [3.8, 4) is 0 Å². The van der Waals surface area contributed by atoms with Crippen LogP contribution in [-0.2, 0) is 8.85 Å². The predicted octanol–water partition coefficient (Wildman–Crippen LogP) is 6.65. The largest absolute Gasteiger partial charge is 0.406 e. The van der Waals surface area contributed by atoms with Gasteiger partial charge in [-0.15, -0.1) is 0 Å². The summed E-state index contributed by atoms with van der Waals surface area (Å²) in [6, 6.07) is 0. The molecule has 0 aliphatic carbocycles. The first-order valence-electron chi connectivity index (χ1n) is 9.15. The quantitative estimate of drug-likeness (QED) is 0.169. The lowest BCUT2D eigenvalue weighted by Crippen LogP contribution is -2.76. The highest BCUT2D eigenvalue weighted by atomic mass is 28.3. The molecule has 0 bridgehead atoms. The lowest BCUT2D eigenvalue weighted by molar-refractivity contribution is -0.452. The van der Waals surface area contributed by atoms with Crippen LogP contribution in [0.15, 0.2) is 0 Å². The number of halogens is 17. The normalized spacial score (nSPS) is 16.7. The molecule has 0 N–H and O–H groups in total. The lowest BCUT2D eigenvalue weighted by atomic mass is 9.87. The van der Waals surface area contributed by atoms with Gasteiger partial charge < -0.3 is 8.85 Å². The number of alkyl halides is 17. The maximum Gasteiger partial charge on any atom is 0.406 e. The van der Waals surface area contributed by atoms with Crippen LogP contribution in [0.1, 0.15) is 27.2 Å². The first-order chi connectivity index (χ1) is 15.3. The molecule has 0 rings (SSSR count). The molecule has 0 saturated heterocycles. The first kappa shape index (κ1) is 33.9. The molecule has 0 radical (unpaired) electrons. The van der Waals surface area contributed by atoms with Crippen molar-refractivity contribution >= 4 is 9.28 Å². The van der Waals surface area contributed by atoms with E-state index in [1.807, 2.05) is 0 Å². The minimum Gasteiger partial charge on any atom is -0.393 e. The van der Waals surface area contributed by atoms with Gasteiger partial charge in [0.25, 0.3) is 0 Å². The minimum absolute atomic E-state index is 0.271. The van der Waals surface area contributed by atoms with Crippen LogP contribution in [0, 0.1) is 0 Å². The first-order valence-corrected chi connectivity index (χ1v) is 10.7. The maximum atomic E-state index is 14.0. The van der Waals surface area contributed by atoms with E-state index in [0.717, 1.165) is 13.8 Å². The van der Waals surface area contributed by atoms with Crippen LogP contribution in [0.25, 0.3) is 0 Å². The Labute approximate surface area is 187 Å². The summed E-state index contributed by atoms with van der Waals surface area (Å²) in [4.78, 5) is 0. The standard InChI is InChI=1S/C15H17F17O2Si/c1-4-7(16)8(17,18)9(19,20)10(21,22)11(23,24)12(25,26)13(27,28)14(29,30)15(31,32)35(33-5-2)34-6-3/h7,35H,4-6H2,1-3H3. The van der Waals surface area contributed by atoms with Gasteiger partial charge in [0.2, 0.25) is 0 Å². The number of hydrogen-bond donors (Lipinski definition) is 0. The second-order valence-electron chi connectivity index (χ2n) is 6.81. The Hall–Kier alpha value is -1.05. The van der Waals surface area contributed by atoms with Gasteiger partial charge in [0.1, 0.15) is 0 Å². The van der Waals surface area contributed by atoms with Crippen molar-refractivity contribution < 1.29 is 83.5 Å². The second-order valence-corrected chi connectivity index (χ2v) is 8.87. The van der Waals surface area contributed by atoms with Gasteiger partial charge in [-0.1, -0.05) is 6.92 Å². The van der Waals surface area contributed by atoms with Crippen molar-refractivity contribution in [3.05, 3.63) is 0 Å². The van der Waals surface area contributed by atoms with Crippen LogP contribution in [0.3, 0.4) is 0 Å². The Bertz CT molecular complexity index is 706. The van der Waals surface area contributed by atoms with Gasteiger partial charge in [-0.2, -0.15) is 70.2 Å². The zero-order valence-electron chi connectivity index (χ0n) is 17.5. The van der Waals surface area contributed by atoms with Crippen LogP contribution < -0.4 is 0 Å². The summed E-state index contributed by atoms with van der Waals surface area (Å²) < 4.78 is 241. The monoisotopic (exact) mass is 580 g/mol. The highest BCUT2D eigenvalue weighted by molar-refractivity contribution is 6.48. The number of rotatable bonds is 14. The molecular weight excluding hydrogens is 563 g/mol. The molecule has 0 aliphatic heterocycles. The Balaban J connectivity index is 6.89. The van der Waals surface area contributed by atoms with Gasteiger partial charge in [0, 0.05) is 13.2 Å². The van der Waals surface area contributed by atoms with Crippen LogP contribution in [-0.4, -0.2) is 75.7 Å². The van der Waals surface area contributed by atoms with Crippen molar-refractivity contribution in [2.24, 2.45) is 0 Å². The highest BCUT2D eigenvalue weighted by Crippen LogP contribution is 2.64. The summed E-state index contributed by atoms with van der Waals surface area (Å²) in [5.74, 6) is -56.5. The lowest BCUT2D eigenvalue weighted by Gasteiger charge is -2.44. The third-order valence-corrected chi connectivity index (χ3v) is 6.72. The van der Waals surface area contributed by atoms with E-state index in [-0.39, 0.29) is 6.92 Å². The van der Waals surface area contributed by atoms with E-state index in [2.05, 4.69) is 8.85 Å². The van der Waals surface area contributed by atoms with E-state index in [0.29, 0.717) is 0 Å². The SMILES string of the molecule is CCO[SiH](OCC)C(F)(F)C(F)(F)C(F)(F)C(F)(F)C(F)(F)C(F)(F)C(F)(F)C(F)(F)C(F)CC. The fraction of sp³-hybridized carbons (Fsp3) is 1.00. The van der Waals surface area contributed by atoms with E-state index in [4.69, 9.17) is 0 Å². The molecule has 35 heavy (non-hydrogen) atoms. The Morgan fingerprint density at radius 2 is 0.800 bits per heavy atom. The molecule has 1 atom stereocenters. The van der Waals surface area contributed by atoms with Crippen molar-refractivity contribution in [3.63, 3.8) is 0 Å². The molecular formula is C15H17F17O2Si. The van der Waals surface area contributed by atoms with Crippen LogP contribution in [0.4, 0.5) is 74.6 Å². The van der Waals surface area contributed by atoms with Crippen molar-refractivity contribution in [2.75, 3.05) is 13.2 Å². The predicted molar refractivity (Wildman–Crippen MR) is 85.2 cm³/mol. The van der Waals surface area contributed by atoms with E-state index < -0.39 is 82.1 Å². The fourth-order valence-electron chi connectivity index (χ4n) is 2.37. The summed E-state index contributed by atoms with van der Waals surface area (Å²) in [5.41, 5.74) is -6.59. The van der Waals surface area contributed by atoms with Gasteiger partial charge in [0.15, 0.2) is 6.17 Å². The molecule has 212 valence electrons. The molecule has 2 nitrogen and oxygen atoms in total. The fourth-order valence-corrected chi connectivity index (χ4v) is 3.97. The van der Waals surface area contributed by atoms with Crippen molar-refractivity contribution in [1.82, 2.24) is 0 Å². The molecule has 0 heterocycles. The summed E-state index contributed by atoms with van der Waals surface area (Å²) >= 11 is 0. The third kappa shape index (κ3) is 4.70. The molecule has 0 amide bonds. The van der Waals surface area contributed by atoms with Gasteiger partial charge in [-0.3, -0.25) is 0 Å². The molecule has 0 spiro atoms. The summed E-state index contributed by atoms with van der Waals surface area (Å²) in [7, 11) is -5.56. The summed E-state index contributed by atoms with van der Waals surface area (Å²) in [5, 5.41) is 0. The van der Waals surface area contributed by atoms with Crippen molar-refractivity contribution in [2.45, 2.75) is 80.4 Å². The van der Waals surface area contributed by atoms with Crippen LogP contribution in [0.2, 0.25) is 0 Å². The smallest absolute Gasteiger partial charge is 0.393 e. The van der Waals surface area contributed by atoms with Gasteiger partial charge in [0.05, 0.1) is 0 Å². The molecule has 0 saturated carbocycles. The molecule has 0 aromatic heterocycles. The average molecular weight is 580 g/mol. The van der Waals surface area contributed by atoms with Crippen LogP contribution >= 0.6 is 0 Å². The summed E-state index contributed by atoms with van der Waals surface area (Å²) in [6.45, 7) is -0.187. The van der Waals surface area contributed by atoms with Crippen molar-refractivity contribution in [1.29, 1.82) is 0 Å². The number of hydrogen-bond acceptors (Lipinski definition) is 2. The molecule has 0 fully saturated rings. The van der Waals surface area contributed by atoms with E-state index >= 15 is 0 Å². The minimum atomic E-state index is -8.59. The molecule has 0 aliphatic rings. The third-order valence-electron chi connectivity index (χ3n) is 4.49. The Morgan fingerprint density at radius 3 is 1.09 bits per heavy atom. The van der Waals surface area contributed by atoms with Gasteiger partial charge in [-0.25, -0.2) is 4.39 Å². The van der Waals surface area contributed by atoms with Crippen LogP contribution in [0.5, 0.6) is 0 Å². The summed E-state index contributed by atoms with van der Waals surface area (Å²) in [6.07, 6.45) is -6.26. The van der Waals surface area contributed by atoms with E-state index in [9.17, 15) is 74.6 Å².